The molecule has 0 spiro atoms. The Morgan fingerprint density at radius 3 is 2.71 bits per heavy atom. The quantitative estimate of drug-likeness (QED) is 0.506. The number of nitrogens with two attached hydrogens (primary N) is 1. The molecule has 2 N–H and O–H groups in total. The molecule has 1 aliphatic heterocycles. The molecule has 0 saturated carbocycles. The molecule has 0 amide bonds. The lowest BCUT2D eigenvalue weighted by atomic mass is 9.97. The van der Waals surface area contributed by atoms with Crippen molar-refractivity contribution in [2.24, 2.45) is 5.92 Å². The summed E-state index contributed by atoms with van der Waals surface area (Å²) in [6, 6.07) is 2.94. The van der Waals surface area contributed by atoms with Crippen molar-refractivity contribution in [3.05, 3.63) is 22.2 Å². The number of pyridine rings is 1. The van der Waals surface area contributed by atoms with E-state index in [-0.39, 0.29) is 23.4 Å². The zero-order chi connectivity index (χ0) is 15.4. The number of aromatic nitrogens is 1. The molecule has 2 heterocycles. The average Bonchev–Trinajstić information content (AvgIpc) is 2.47. The van der Waals surface area contributed by atoms with Crippen molar-refractivity contribution in [2.75, 3.05) is 30.3 Å². The van der Waals surface area contributed by atoms with Gasteiger partial charge in [0.1, 0.15) is 5.82 Å². The van der Waals surface area contributed by atoms with Crippen molar-refractivity contribution in [1.82, 2.24) is 4.98 Å². The van der Waals surface area contributed by atoms with Crippen LogP contribution in [0.2, 0.25) is 0 Å². The molecule has 1 aromatic rings. The van der Waals surface area contributed by atoms with Crippen LogP contribution >= 0.6 is 0 Å². The van der Waals surface area contributed by atoms with Gasteiger partial charge in [0.15, 0.2) is 0 Å². The maximum atomic E-state index is 11.7. The second-order valence-electron chi connectivity index (χ2n) is 4.84. The standard InChI is InChI=1S/C13H18N4O4/c1-2-21-13(18)9-5-7-16(8-6-9)11-4-3-10(17(19)20)12(14)15-11/h3-4,9H,2,5-8H2,1H3,(H2,14,15). The molecule has 21 heavy (non-hydrogen) atoms. The third-order valence-corrected chi connectivity index (χ3v) is 3.52. The van der Waals surface area contributed by atoms with Gasteiger partial charge in [0.2, 0.25) is 5.82 Å². The molecule has 1 aliphatic rings. The van der Waals surface area contributed by atoms with Crippen LogP contribution in [0.4, 0.5) is 17.3 Å². The van der Waals surface area contributed by atoms with Crippen LogP contribution in [0.25, 0.3) is 0 Å². The number of nitrogens with zero attached hydrogens (tertiary/aromatic N) is 3. The Morgan fingerprint density at radius 2 is 2.19 bits per heavy atom. The van der Waals surface area contributed by atoms with Gasteiger partial charge in [-0.15, -0.1) is 0 Å². The van der Waals surface area contributed by atoms with Crippen LogP contribution in [0.15, 0.2) is 12.1 Å². The topological polar surface area (TPSA) is 112 Å². The molecular weight excluding hydrogens is 276 g/mol. The van der Waals surface area contributed by atoms with Crippen molar-refractivity contribution in [1.29, 1.82) is 0 Å². The Hall–Kier alpha value is -2.38. The SMILES string of the molecule is CCOC(=O)C1CCN(c2ccc([N+](=O)[O-])c(N)n2)CC1. The van der Waals surface area contributed by atoms with Crippen LogP contribution in [-0.4, -0.2) is 35.6 Å². The number of hydrogen-bond acceptors (Lipinski definition) is 7. The summed E-state index contributed by atoms with van der Waals surface area (Å²) in [5.41, 5.74) is 5.40. The first-order chi connectivity index (χ1) is 10.0. The lowest BCUT2D eigenvalue weighted by Crippen LogP contribution is -2.37. The number of piperidine rings is 1. The Kier molecular flexibility index (Phi) is 4.56. The fourth-order valence-electron chi connectivity index (χ4n) is 2.39. The molecule has 2 rings (SSSR count). The fraction of sp³-hybridized carbons (Fsp3) is 0.538. The summed E-state index contributed by atoms with van der Waals surface area (Å²) < 4.78 is 5.02. The van der Waals surface area contributed by atoms with Crippen LogP contribution in [0, 0.1) is 16.0 Å². The van der Waals surface area contributed by atoms with Gasteiger partial charge in [0.05, 0.1) is 17.4 Å². The lowest BCUT2D eigenvalue weighted by Gasteiger charge is -2.31. The number of esters is 1. The van der Waals surface area contributed by atoms with Crippen molar-refractivity contribution in [3.8, 4) is 0 Å². The first kappa shape index (κ1) is 15.0. The number of carbonyl (C=O) groups is 1. The molecule has 8 heteroatoms. The number of anilines is 2. The lowest BCUT2D eigenvalue weighted by molar-refractivity contribution is -0.384. The van der Waals surface area contributed by atoms with Gasteiger partial charge in [-0.1, -0.05) is 0 Å². The van der Waals surface area contributed by atoms with Crippen LogP contribution in [0.3, 0.4) is 0 Å². The Balaban J connectivity index is 2.01. The van der Waals surface area contributed by atoms with E-state index in [9.17, 15) is 14.9 Å². The van der Waals surface area contributed by atoms with Crippen molar-refractivity contribution >= 4 is 23.3 Å². The van der Waals surface area contributed by atoms with Gasteiger partial charge in [-0.3, -0.25) is 14.9 Å². The van der Waals surface area contributed by atoms with Crippen LogP contribution in [0.1, 0.15) is 19.8 Å². The predicted octanol–water partition coefficient (Wildman–Crippen LogP) is 1.35. The summed E-state index contributed by atoms with van der Waals surface area (Å²) in [4.78, 5) is 27.9. The normalized spacial score (nSPS) is 15.8. The van der Waals surface area contributed by atoms with E-state index < -0.39 is 4.92 Å². The molecule has 0 radical (unpaired) electrons. The van der Waals surface area contributed by atoms with Crippen LogP contribution < -0.4 is 10.6 Å². The Bertz CT molecular complexity index is 541. The zero-order valence-electron chi connectivity index (χ0n) is 11.8. The molecule has 0 aliphatic carbocycles. The summed E-state index contributed by atoms with van der Waals surface area (Å²) in [6.07, 6.45) is 1.36. The van der Waals surface area contributed by atoms with E-state index in [1.165, 1.54) is 6.07 Å². The van der Waals surface area contributed by atoms with E-state index in [0.29, 0.717) is 38.4 Å². The first-order valence-corrected chi connectivity index (χ1v) is 6.85. The molecule has 0 atom stereocenters. The van der Waals surface area contributed by atoms with E-state index in [4.69, 9.17) is 10.5 Å². The number of ether oxygens (including phenoxy) is 1. The van der Waals surface area contributed by atoms with Gasteiger partial charge in [0.25, 0.3) is 0 Å². The number of rotatable bonds is 4. The zero-order valence-corrected chi connectivity index (χ0v) is 11.8. The predicted molar refractivity (Wildman–Crippen MR) is 76.9 cm³/mol. The van der Waals surface area contributed by atoms with Gasteiger partial charge in [-0.2, -0.15) is 0 Å². The molecule has 114 valence electrons. The highest BCUT2D eigenvalue weighted by atomic mass is 16.6. The fourth-order valence-corrected chi connectivity index (χ4v) is 2.39. The number of hydrogen-bond donors (Lipinski definition) is 1. The minimum absolute atomic E-state index is 0.0865. The second-order valence-corrected chi connectivity index (χ2v) is 4.84. The third-order valence-electron chi connectivity index (χ3n) is 3.52. The maximum absolute atomic E-state index is 11.7. The molecule has 0 aromatic carbocycles. The molecule has 1 fully saturated rings. The summed E-state index contributed by atoms with van der Waals surface area (Å²) in [5, 5.41) is 10.7. The average molecular weight is 294 g/mol. The largest absolute Gasteiger partial charge is 0.466 e. The highest BCUT2D eigenvalue weighted by Crippen LogP contribution is 2.26. The first-order valence-electron chi connectivity index (χ1n) is 6.85. The third kappa shape index (κ3) is 3.39. The summed E-state index contributed by atoms with van der Waals surface area (Å²) in [5.74, 6) is 0.260. The molecule has 0 unspecified atom stereocenters. The van der Waals surface area contributed by atoms with Crippen molar-refractivity contribution in [2.45, 2.75) is 19.8 Å². The number of nitrogen functional groups attached to an aromatic ring is 1. The summed E-state index contributed by atoms with van der Waals surface area (Å²) >= 11 is 0. The van der Waals surface area contributed by atoms with E-state index in [1.54, 1.807) is 13.0 Å². The van der Waals surface area contributed by atoms with Gasteiger partial charge < -0.3 is 15.4 Å². The summed E-state index contributed by atoms with van der Waals surface area (Å²) in [7, 11) is 0. The highest BCUT2D eigenvalue weighted by molar-refractivity contribution is 5.72. The minimum Gasteiger partial charge on any atom is -0.466 e. The second kappa shape index (κ2) is 6.38. The Labute approximate surface area is 122 Å². The highest BCUT2D eigenvalue weighted by Gasteiger charge is 2.27. The summed E-state index contributed by atoms with van der Waals surface area (Å²) in [6.45, 7) is 3.47. The van der Waals surface area contributed by atoms with E-state index in [2.05, 4.69) is 4.98 Å². The Morgan fingerprint density at radius 1 is 1.52 bits per heavy atom. The molecule has 8 nitrogen and oxygen atoms in total. The molecule has 1 aromatic heterocycles. The van der Waals surface area contributed by atoms with Crippen molar-refractivity contribution < 1.29 is 14.5 Å². The van der Waals surface area contributed by atoms with Gasteiger partial charge in [0, 0.05) is 19.2 Å². The van der Waals surface area contributed by atoms with Crippen LogP contribution in [0.5, 0.6) is 0 Å². The van der Waals surface area contributed by atoms with Crippen molar-refractivity contribution in [3.63, 3.8) is 0 Å². The van der Waals surface area contributed by atoms with E-state index in [0.717, 1.165) is 0 Å². The number of carbonyl (C=O) groups excluding carboxylic acids is 1. The number of nitro groups is 1. The molecule has 0 bridgehead atoms. The smallest absolute Gasteiger partial charge is 0.311 e. The van der Waals surface area contributed by atoms with Gasteiger partial charge >= 0.3 is 11.7 Å². The molecular formula is C13H18N4O4. The van der Waals surface area contributed by atoms with Gasteiger partial charge in [-0.05, 0) is 25.8 Å². The minimum atomic E-state index is -0.556. The van der Waals surface area contributed by atoms with E-state index in [1.807, 2.05) is 4.90 Å². The van der Waals surface area contributed by atoms with Crippen LogP contribution in [-0.2, 0) is 9.53 Å². The maximum Gasteiger partial charge on any atom is 0.311 e. The van der Waals surface area contributed by atoms with Gasteiger partial charge in [-0.25, -0.2) is 4.98 Å². The van der Waals surface area contributed by atoms with E-state index >= 15 is 0 Å². The molecule has 1 saturated heterocycles. The monoisotopic (exact) mass is 294 g/mol.